The van der Waals surface area contributed by atoms with Gasteiger partial charge in [0.2, 0.25) is 0 Å². The van der Waals surface area contributed by atoms with Gasteiger partial charge in [0.15, 0.2) is 0 Å². The van der Waals surface area contributed by atoms with Crippen LogP contribution in [0.25, 0.3) is 10.6 Å². The van der Waals surface area contributed by atoms with Crippen LogP contribution in [0, 0.1) is 11.7 Å². The quantitative estimate of drug-likeness (QED) is 0.868. The van der Waals surface area contributed by atoms with Crippen LogP contribution in [-0.2, 0) is 6.54 Å². The van der Waals surface area contributed by atoms with E-state index >= 15 is 0 Å². The Bertz CT molecular complexity index is 699. The van der Waals surface area contributed by atoms with Crippen LogP contribution in [0.5, 0.6) is 0 Å². The highest BCUT2D eigenvalue weighted by atomic mass is 32.1. The van der Waals surface area contributed by atoms with Gasteiger partial charge in [-0.3, -0.25) is 4.90 Å². The summed E-state index contributed by atoms with van der Waals surface area (Å²) in [5, 5.41) is 11.8. The molecular weight excluding hydrogens is 329 g/mol. The molecule has 128 valence electrons. The molecule has 24 heavy (non-hydrogen) atoms. The van der Waals surface area contributed by atoms with Crippen molar-refractivity contribution in [3.63, 3.8) is 0 Å². The van der Waals surface area contributed by atoms with Crippen molar-refractivity contribution in [1.82, 2.24) is 15.2 Å². The van der Waals surface area contributed by atoms with Crippen molar-refractivity contribution in [3.05, 3.63) is 41.2 Å². The maximum absolute atomic E-state index is 13.8. The molecule has 0 bridgehead atoms. The summed E-state index contributed by atoms with van der Waals surface area (Å²) in [6.45, 7) is 3.23. The number of amides is 1. The molecule has 0 unspecified atom stereocenters. The molecule has 1 aromatic heterocycles. The third kappa shape index (κ3) is 4.30. The molecule has 7 heteroatoms. The number of likely N-dealkylation sites (tertiary alicyclic amines) is 1. The van der Waals surface area contributed by atoms with Crippen molar-refractivity contribution in [3.8, 4) is 10.6 Å². The van der Waals surface area contributed by atoms with Gasteiger partial charge in [-0.05, 0) is 44.0 Å². The molecule has 3 rings (SSSR count). The van der Waals surface area contributed by atoms with Crippen LogP contribution >= 0.6 is 11.3 Å². The summed E-state index contributed by atoms with van der Waals surface area (Å²) in [5.41, 5.74) is 0.548. The van der Waals surface area contributed by atoms with Gasteiger partial charge < -0.3 is 10.4 Å². The van der Waals surface area contributed by atoms with E-state index in [0.717, 1.165) is 37.4 Å². The zero-order chi connectivity index (χ0) is 16.9. The SMILES string of the molecule is O=C(O)NCC1CCN(Cc2cnc(-c3ccccc3F)s2)CC1. The summed E-state index contributed by atoms with van der Waals surface area (Å²) < 4.78 is 13.8. The monoisotopic (exact) mass is 349 g/mol. The summed E-state index contributed by atoms with van der Waals surface area (Å²) in [5.74, 6) is 0.165. The van der Waals surface area contributed by atoms with Crippen LogP contribution in [0.3, 0.4) is 0 Å². The molecular formula is C17H20FN3O2S. The van der Waals surface area contributed by atoms with E-state index in [9.17, 15) is 9.18 Å². The van der Waals surface area contributed by atoms with E-state index < -0.39 is 6.09 Å². The average Bonchev–Trinajstić information content (AvgIpc) is 3.03. The summed E-state index contributed by atoms with van der Waals surface area (Å²) in [6, 6.07) is 6.69. The van der Waals surface area contributed by atoms with Crippen molar-refractivity contribution in [2.45, 2.75) is 19.4 Å². The molecule has 1 aliphatic rings. The van der Waals surface area contributed by atoms with Gasteiger partial charge >= 0.3 is 6.09 Å². The van der Waals surface area contributed by atoms with Crippen molar-refractivity contribution < 1.29 is 14.3 Å². The number of halogens is 1. The molecule has 2 N–H and O–H groups in total. The first-order chi connectivity index (χ1) is 11.6. The van der Waals surface area contributed by atoms with Gasteiger partial charge in [-0.25, -0.2) is 14.2 Å². The second-order valence-electron chi connectivity index (χ2n) is 6.02. The maximum Gasteiger partial charge on any atom is 0.404 e. The second-order valence-corrected chi connectivity index (χ2v) is 7.13. The fourth-order valence-electron chi connectivity index (χ4n) is 2.94. The van der Waals surface area contributed by atoms with Crippen LogP contribution in [0.1, 0.15) is 17.7 Å². The van der Waals surface area contributed by atoms with Crippen molar-refractivity contribution >= 4 is 17.4 Å². The highest BCUT2D eigenvalue weighted by molar-refractivity contribution is 7.15. The van der Waals surface area contributed by atoms with Crippen LogP contribution in [0.4, 0.5) is 9.18 Å². The lowest BCUT2D eigenvalue weighted by Crippen LogP contribution is -2.37. The first-order valence-corrected chi connectivity index (χ1v) is 8.82. The summed E-state index contributed by atoms with van der Waals surface area (Å²) >= 11 is 1.53. The van der Waals surface area contributed by atoms with E-state index in [1.165, 1.54) is 17.4 Å². The zero-order valence-electron chi connectivity index (χ0n) is 13.2. The molecule has 2 aromatic rings. The number of carboxylic acid groups (broad SMARTS) is 1. The van der Waals surface area contributed by atoms with Gasteiger partial charge in [-0.1, -0.05) is 12.1 Å². The number of hydrogen-bond donors (Lipinski definition) is 2. The molecule has 1 aliphatic heterocycles. The molecule has 0 saturated carbocycles. The number of nitrogens with zero attached hydrogens (tertiary/aromatic N) is 2. The molecule has 1 saturated heterocycles. The summed E-state index contributed by atoms with van der Waals surface area (Å²) in [4.78, 5) is 18.4. The summed E-state index contributed by atoms with van der Waals surface area (Å²) in [6.07, 6.45) is 2.84. The number of hydrogen-bond acceptors (Lipinski definition) is 4. The van der Waals surface area contributed by atoms with Crippen LogP contribution in [0.2, 0.25) is 0 Å². The molecule has 0 atom stereocenters. The first kappa shape index (κ1) is 16.9. The number of nitrogens with one attached hydrogen (secondary N) is 1. The number of piperidine rings is 1. The van der Waals surface area contributed by atoms with Crippen molar-refractivity contribution in [2.24, 2.45) is 5.92 Å². The van der Waals surface area contributed by atoms with Crippen LogP contribution in [-0.4, -0.2) is 40.7 Å². The van der Waals surface area contributed by atoms with Crippen molar-refractivity contribution in [2.75, 3.05) is 19.6 Å². The molecule has 0 radical (unpaired) electrons. The Morgan fingerprint density at radius 3 is 2.83 bits per heavy atom. The number of benzene rings is 1. The van der Waals surface area contributed by atoms with E-state index in [0.29, 0.717) is 23.0 Å². The fraction of sp³-hybridized carbons (Fsp3) is 0.412. The minimum absolute atomic E-state index is 0.245. The molecule has 0 aliphatic carbocycles. The van der Waals surface area contributed by atoms with Gasteiger partial charge in [-0.2, -0.15) is 0 Å². The highest BCUT2D eigenvalue weighted by Gasteiger charge is 2.20. The van der Waals surface area contributed by atoms with E-state index in [1.807, 2.05) is 12.3 Å². The Labute approximate surface area is 144 Å². The minimum Gasteiger partial charge on any atom is -0.465 e. The Hall–Kier alpha value is -1.99. The van der Waals surface area contributed by atoms with Crippen molar-refractivity contribution in [1.29, 1.82) is 0 Å². The van der Waals surface area contributed by atoms with E-state index in [1.54, 1.807) is 12.1 Å². The van der Waals surface area contributed by atoms with E-state index in [-0.39, 0.29) is 5.82 Å². The van der Waals surface area contributed by atoms with Crippen LogP contribution < -0.4 is 5.32 Å². The Kier molecular flexibility index (Phi) is 5.42. The lowest BCUT2D eigenvalue weighted by Gasteiger charge is -2.31. The normalized spacial score (nSPS) is 16.2. The maximum atomic E-state index is 13.8. The predicted octanol–water partition coefficient (Wildman–Crippen LogP) is 3.43. The lowest BCUT2D eigenvalue weighted by molar-refractivity contribution is 0.167. The van der Waals surface area contributed by atoms with Gasteiger partial charge in [0.1, 0.15) is 10.8 Å². The topological polar surface area (TPSA) is 65.5 Å². The largest absolute Gasteiger partial charge is 0.465 e. The number of rotatable bonds is 5. The summed E-state index contributed by atoms with van der Waals surface area (Å²) in [7, 11) is 0. The highest BCUT2D eigenvalue weighted by Crippen LogP contribution is 2.28. The third-order valence-corrected chi connectivity index (χ3v) is 5.30. The molecule has 1 fully saturated rings. The number of aromatic nitrogens is 1. The standard InChI is InChI=1S/C17H20FN3O2S/c18-15-4-2-1-3-14(15)16-19-10-13(24-16)11-21-7-5-12(6-8-21)9-20-17(22)23/h1-4,10,12,20H,5-9,11H2,(H,22,23). The minimum atomic E-state index is -0.956. The van der Waals surface area contributed by atoms with E-state index in [4.69, 9.17) is 5.11 Å². The van der Waals surface area contributed by atoms with Gasteiger partial charge in [-0.15, -0.1) is 11.3 Å². The molecule has 5 nitrogen and oxygen atoms in total. The predicted molar refractivity (Wildman–Crippen MR) is 91.5 cm³/mol. The van der Waals surface area contributed by atoms with Gasteiger partial charge in [0, 0.05) is 29.7 Å². The van der Waals surface area contributed by atoms with Gasteiger partial charge in [0.25, 0.3) is 0 Å². The van der Waals surface area contributed by atoms with E-state index in [2.05, 4.69) is 15.2 Å². The number of carbonyl (C=O) groups is 1. The second kappa shape index (κ2) is 7.72. The zero-order valence-corrected chi connectivity index (χ0v) is 14.1. The van der Waals surface area contributed by atoms with Crippen LogP contribution in [0.15, 0.2) is 30.5 Å². The lowest BCUT2D eigenvalue weighted by atomic mass is 9.97. The number of thiazole rings is 1. The molecule has 1 amide bonds. The molecule has 2 heterocycles. The third-order valence-electron chi connectivity index (χ3n) is 4.29. The molecule has 1 aromatic carbocycles. The Balaban J connectivity index is 1.53. The smallest absolute Gasteiger partial charge is 0.404 e. The van der Waals surface area contributed by atoms with Gasteiger partial charge in [0.05, 0.1) is 0 Å². The molecule has 0 spiro atoms. The average molecular weight is 349 g/mol. The Morgan fingerprint density at radius 1 is 1.38 bits per heavy atom. The first-order valence-electron chi connectivity index (χ1n) is 8.00. The fourth-order valence-corrected chi connectivity index (χ4v) is 3.92. The Morgan fingerprint density at radius 2 is 2.12 bits per heavy atom.